The Bertz CT molecular complexity index is 423. The number of halogens is 1. The number of nitrogens with zero attached hydrogens (tertiary/aromatic N) is 1. The van der Waals surface area contributed by atoms with Gasteiger partial charge in [0.2, 0.25) is 5.95 Å². The molecule has 0 unspecified atom stereocenters. The maximum absolute atomic E-state index is 13.1. The minimum absolute atomic E-state index is 0.378. The van der Waals surface area contributed by atoms with E-state index >= 15 is 0 Å². The van der Waals surface area contributed by atoms with Crippen molar-refractivity contribution in [2.45, 2.75) is 26.4 Å². The van der Waals surface area contributed by atoms with Crippen molar-refractivity contribution in [1.82, 2.24) is 4.98 Å². The van der Waals surface area contributed by atoms with Crippen LogP contribution >= 0.6 is 0 Å². The number of rotatable bonds is 2. The van der Waals surface area contributed by atoms with Gasteiger partial charge in [-0.2, -0.15) is 4.39 Å². The Balaban J connectivity index is 2.88. The molecule has 0 atom stereocenters. The lowest BCUT2D eigenvalue weighted by molar-refractivity contribution is -0.148. The first-order valence-corrected chi connectivity index (χ1v) is 4.69. The zero-order valence-electron chi connectivity index (χ0n) is 9.28. The van der Waals surface area contributed by atoms with E-state index in [1.54, 1.807) is 20.8 Å². The van der Waals surface area contributed by atoms with Crippen molar-refractivity contribution in [2.75, 3.05) is 0 Å². The van der Waals surface area contributed by atoms with Gasteiger partial charge in [-0.25, -0.2) is 9.78 Å². The third kappa shape index (κ3) is 3.12. The number of esters is 1. The number of ether oxygens (including phenoxy) is 1. The first kappa shape index (κ1) is 12.3. The van der Waals surface area contributed by atoms with Gasteiger partial charge in [-0.15, -0.1) is 0 Å². The van der Waals surface area contributed by atoms with Gasteiger partial charge in [0, 0.05) is 6.20 Å². The zero-order valence-corrected chi connectivity index (χ0v) is 9.28. The van der Waals surface area contributed by atoms with Crippen LogP contribution in [0.3, 0.4) is 0 Å². The quantitative estimate of drug-likeness (QED) is 0.333. The molecule has 0 saturated carbocycles. The van der Waals surface area contributed by atoms with E-state index in [2.05, 4.69) is 4.98 Å². The molecule has 0 amide bonds. The second-order valence-electron chi connectivity index (χ2n) is 4.17. The highest BCUT2D eigenvalue weighted by Gasteiger charge is 2.26. The van der Waals surface area contributed by atoms with Crippen LogP contribution in [0.1, 0.15) is 31.1 Å². The molecular weight excluding hydrogens is 213 g/mol. The number of aromatic nitrogens is 1. The summed E-state index contributed by atoms with van der Waals surface area (Å²) >= 11 is 0. The third-order valence-corrected chi connectivity index (χ3v) is 1.59. The van der Waals surface area contributed by atoms with Gasteiger partial charge in [-0.3, -0.25) is 4.79 Å². The van der Waals surface area contributed by atoms with Crippen molar-refractivity contribution >= 4 is 11.8 Å². The van der Waals surface area contributed by atoms with Crippen LogP contribution in [0.25, 0.3) is 0 Å². The van der Waals surface area contributed by atoms with Gasteiger partial charge in [-0.1, -0.05) is 0 Å². The highest BCUT2D eigenvalue weighted by molar-refractivity contribution is 6.40. The largest absolute Gasteiger partial charge is 0.454 e. The molecule has 0 aliphatic heterocycles. The van der Waals surface area contributed by atoms with Crippen LogP contribution in [0.15, 0.2) is 18.3 Å². The molecule has 1 aromatic heterocycles. The zero-order chi connectivity index (χ0) is 12.3. The summed E-state index contributed by atoms with van der Waals surface area (Å²) in [6.45, 7) is 4.87. The predicted molar refractivity (Wildman–Crippen MR) is 54.4 cm³/mol. The van der Waals surface area contributed by atoms with Gasteiger partial charge in [0.1, 0.15) is 5.60 Å². The van der Waals surface area contributed by atoms with Crippen LogP contribution in [-0.2, 0) is 9.53 Å². The molecule has 5 heteroatoms. The van der Waals surface area contributed by atoms with Crippen LogP contribution in [0, 0.1) is 5.95 Å². The molecule has 0 radical (unpaired) electrons. The minimum atomic E-state index is -1.08. The third-order valence-electron chi connectivity index (χ3n) is 1.59. The van der Waals surface area contributed by atoms with Crippen molar-refractivity contribution in [2.24, 2.45) is 0 Å². The Hall–Kier alpha value is -1.78. The molecule has 0 bridgehead atoms. The SMILES string of the molecule is CC(C)(C)OC(=O)C(=O)c1cccnc1F. The van der Waals surface area contributed by atoms with E-state index in [-0.39, 0.29) is 5.56 Å². The van der Waals surface area contributed by atoms with Gasteiger partial charge in [0.05, 0.1) is 5.56 Å². The number of hydrogen-bond donors (Lipinski definition) is 0. The van der Waals surface area contributed by atoms with E-state index < -0.39 is 23.3 Å². The standard InChI is InChI=1S/C11H12FNO3/c1-11(2,3)16-10(15)8(14)7-5-4-6-13-9(7)12/h4-6H,1-3H3. The molecule has 0 saturated heterocycles. The predicted octanol–water partition coefficient (Wildman–Crippen LogP) is 1.75. The fourth-order valence-electron chi connectivity index (χ4n) is 0.990. The average molecular weight is 225 g/mol. The molecule has 1 rings (SSSR count). The van der Waals surface area contributed by atoms with Gasteiger partial charge in [0.25, 0.3) is 5.78 Å². The van der Waals surface area contributed by atoms with Crippen molar-refractivity contribution in [3.63, 3.8) is 0 Å². The smallest absolute Gasteiger partial charge is 0.380 e. The van der Waals surface area contributed by atoms with Crippen LogP contribution in [0.5, 0.6) is 0 Å². The van der Waals surface area contributed by atoms with Gasteiger partial charge in [-0.05, 0) is 32.9 Å². The van der Waals surface area contributed by atoms with Crippen LogP contribution < -0.4 is 0 Å². The molecule has 0 aliphatic rings. The highest BCUT2D eigenvalue weighted by Crippen LogP contribution is 2.11. The summed E-state index contributed by atoms with van der Waals surface area (Å²) in [6.07, 6.45) is 1.20. The van der Waals surface area contributed by atoms with E-state index in [1.807, 2.05) is 0 Å². The number of carbonyl (C=O) groups is 2. The van der Waals surface area contributed by atoms with Crippen LogP contribution in [-0.4, -0.2) is 22.3 Å². The van der Waals surface area contributed by atoms with E-state index in [1.165, 1.54) is 18.3 Å². The van der Waals surface area contributed by atoms with Crippen molar-refractivity contribution < 1.29 is 18.7 Å². The van der Waals surface area contributed by atoms with E-state index in [9.17, 15) is 14.0 Å². The Morgan fingerprint density at radius 2 is 2.00 bits per heavy atom. The second-order valence-corrected chi connectivity index (χ2v) is 4.17. The number of ketones is 1. The highest BCUT2D eigenvalue weighted by atomic mass is 19.1. The molecule has 16 heavy (non-hydrogen) atoms. The lowest BCUT2D eigenvalue weighted by atomic mass is 10.1. The summed E-state index contributed by atoms with van der Waals surface area (Å²) in [7, 11) is 0. The number of Topliss-reactive ketones (excluding diaryl/α,β-unsaturated/α-hetero) is 1. The first-order valence-electron chi connectivity index (χ1n) is 4.69. The van der Waals surface area contributed by atoms with Crippen molar-refractivity contribution in [3.05, 3.63) is 29.8 Å². The number of pyridine rings is 1. The molecule has 4 nitrogen and oxygen atoms in total. The molecule has 1 heterocycles. The van der Waals surface area contributed by atoms with Crippen LogP contribution in [0.4, 0.5) is 4.39 Å². The molecule has 86 valence electrons. The lowest BCUT2D eigenvalue weighted by Gasteiger charge is -2.18. The van der Waals surface area contributed by atoms with E-state index in [0.29, 0.717) is 0 Å². The summed E-state index contributed by atoms with van der Waals surface area (Å²) in [4.78, 5) is 26.1. The lowest BCUT2D eigenvalue weighted by Crippen LogP contribution is -2.29. The van der Waals surface area contributed by atoms with Crippen molar-refractivity contribution in [1.29, 1.82) is 0 Å². The summed E-state index contributed by atoms with van der Waals surface area (Å²) in [5.41, 5.74) is -1.16. The van der Waals surface area contributed by atoms with E-state index in [0.717, 1.165) is 0 Å². The molecular formula is C11H12FNO3. The average Bonchev–Trinajstić information content (AvgIpc) is 2.15. The molecule has 0 spiro atoms. The number of hydrogen-bond acceptors (Lipinski definition) is 4. The monoisotopic (exact) mass is 225 g/mol. The maximum atomic E-state index is 13.1. The fraction of sp³-hybridized carbons (Fsp3) is 0.364. The normalized spacial score (nSPS) is 11.0. The van der Waals surface area contributed by atoms with Gasteiger partial charge >= 0.3 is 5.97 Å². The Kier molecular flexibility index (Phi) is 3.37. The summed E-state index contributed by atoms with van der Waals surface area (Å²) in [5.74, 6) is -3.08. The van der Waals surface area contributed by atoms with E-state index in [4.69, 9.17) is 4.74 Å². The second kappa shape index (κ2) is 4.38. The summed E-state index contributed by atoms with van der Waals surface area (Å²) < 4.78 is 17.9. The Morgan fingerprint density at radius 1 is 1.38 bits per heavy atom. The van der Waals surface area contributed by atoms with Crippen LogP contribution in [0.2, 0.25) is 0 Å². The molecule has 0 N–H and O–H groups in total. The maximum Gasteiger partial charge on any atom is 0.380 e. The fourth-order valence-corrected chi connectivity index (χ4v) is 0.990. The molecule has 0 fully saturated rings. The molecule has 0 aliphatic carbocycles. The number of carbonyl (C=O) groups excluding carboxylic acids is 2. The first-order chi connectivity index (χ1) is 7.31. The molecule has 1 aromatic rings. The molecule has 0 aromatic carbocycles. The Morgan fingerprint density at radius 3 is 2.50 bits per heavy atom. The van der Waals surface area contributed by atoms with Gasteiger partial charge in [0.15, 0.2) is 0 Å². The topological polar surface area (TPSA) is 56.3 Å². The summed E-state index contributed by atoms with van der Waals surface area (Å²) in [6, 6.07) is 2.56. The Labute approximate surface area is 92.4 Å². The van der Waals surface area contributed by atoms with Crippen molar-refractivity contribution in [3.8, 4) is 0 Å². The minimum Gasteiger partial charge on any atom is -0.454 e. The van der Waals surface area contributed by atoms with Gasteiger partial charge < -0.3 is 4.74 Å². The summed E-state index contributed by atoms with van der Waals surface area (Å²) in [5, 5.41) is 0.